The second kappa shape index (κ2) is 11.3. The fraction of sp³-hybridized carbons (Fsp3) is 0.625. The summed E-state index contributed by atoms with van der Waals surface area (Å²) in [6, 6.07) is 2.75. The van der Waals surface area contributed by atoms with E-state index in [-0.39, 0.29) is 41.3 Å². The van der Waals surface area contributed by atoms with E-state index in [1.807, 2.05) is 41.5 Å². The Morgan fingerprint density at radius 3 is 2.26 bits per heavy atom. The first-order valence-electron chi connectivity index (χ1n) is 11.4. The predicted octanol–water partition coefficient (Wildman–Crippen LogP) is 2.84. The van der Waals surface area contributed by atoms with E-state index in [2.05, 4.69) is 10.1 Å². The molecule has 11 heteroatoms. The van der Waals surface area contributed by atoms with Crippen molar-refractivity contribution in [3.63, 3.8) is 0 Å². The van der Waals surface area contributed by atoms with Gasteiger partial charge >= 0.3 is 6.61 Å². The number of carbonyl (C=O) groups excluding carboxylic acids is 3. The Labute approximate surface area is 204 Å². The molecule has 1 aliphatic heterocycles. The third-order valence-corrected chi connectivity index (χ3v) is 4.97. The van der Waals surface area contributed by atoms with Crippen molar-refractivity contribution >= 4 is 29.1 Å². The number of morpholine rings is 1. The van der Waals surface area contributed by atoms with Gasteiger partial charge < -0.3 is 25.4 Å². The summed E-state index contributed by atoms with van der Waals surface area (Å²) in [6.45, 7) is 9.86. The van der Waals surface area contributed by atoms with Crippen LogP contribution in [0.5, 0.6) is 5.75 Å². The molecular weight excluding hydrogens is 462 g/mol. The molecule has 1 aromatic carbocycles. The summed E-state index contributed by atoms with van der Waals surface area (Å²) in [5.74, 6) is -2.29. The van der Waals surface area contributed by atoms with E-state index in [9.17, 15) is 23.2 Å². The number of halogens is 2. The molecule has 0 unspecified atom stereocenters. The van der Waals surface area contributed by atoms with Crippen molar-refractivity contribution in [3.05, 3.63) is 18.2 Å². The zero-order valence-electron chi connectivity index (χ0n) is 21.2. The van der Waals surface area contributed by atoms with Gasteiger partial charge in [0.25, 0.3) is 11.8 Å². The second-order valence-electron chi connectivity index (χ2n) is 11.0. The molecule has 35 heavy (non-hydrogen) atoms. The van der Waals surface area contributed by atoms with Crippen LogP contribution in [0.15, 0.2) is 18.2 Å². The zero-order valence-corrected chi connectivity index (χ0v) is 21.2. The second-order valence-corrected chi connectivity index (χ2v) is 11.0. The van der Waals surface area contributed by atoms with E-state index in [1.165, 1.54) is 23.1 Å². The van der Waals surface area contributed by atoms with E-state index < -0.39 is 24.5 Å². The van der Waals surface area contributed by atoms with Crippen molar-refractivity contribution in [1.29, 1.82) is 0 Å². The van der Waals surface area contributed by atoms with Crippen LogP contribution < -0.4 is 20.7 Å². The molecule has 1 saturated heterocycles. The molecule has 2 rings (SSSR count). The van der Waals surface area contributed by atoms with E-state index in [0.29, 0.717) is 25.4 Å². The number of hydrogen-bond acceptors (Lipinski definition) is 6. The largest absolute Gasteiger partial charge is 0.433 e. The maximum absolute atomic E-state index is 13.3. The Morgan fingerprint density at radius 1 is 1.17 bits per heavy atom. The van der Waals surface area contributed by atoms with E-state index in [1.54, 1.807) is 4.90 Å². The summed E-state index contributed by atoms with van der Waals surface area (Å²) in [4.78, 5) is 40.9. The molecule has 0 spiro atoms. The lowest BCUT2D eigenvalue weighted by Gasteiger charge is -2.38. The average Bonchev–Trinajstić information content (AvgIpc) is 2.66. The SMILES string of the molecule is CC(C)(C)CN(CC(C)(C)C)[C@@H](C(N)=O)C(=O)Nc1ccc(N2CCOCC2=O)cc1OC(F)F. The van der Waals surface area contributed by atoms with Crippen LogP contribution in [0.2, 0.25) is 0 Å². The lowest BCUT2D eigenvalue weighted by atomic mass is 9.90. The predicted molar refractivity (Wildman–Crippen MR) is 128 cm³/mol. The molecule has 0 aliphatic carbocycles. The van der Waals surface area contributed by atoms with Gasteiger partial charge in [-0.25, -0.2) is 0 Å². The lowest BCUT2D eigenvalue weighted by molar-refractivity contribution is -0.133. The Hall–Kier alpha value is -2.79. The molecule has 1 atom stereocenters. The standard InChI is InChI=1S/C24H36F2N4O5/c1-23(2,3)13-29(14-24(4,5)6)19(20(27)32)21(33)28-16-8-7-15(11-17(16)35-22(25)26)30-9-10-34-12-18(30)31/h7-8,11,19,22H,9-10,12-14H2,1-6H3,(H2,27,32)(H,28,33)/t19-/m0/s1. The topological polar surface area (TPSA) is 114 Å². The highest BCUT2D eigenvalue weighted by Gasteiger charge is 2.36. The van der Waals surface area contributed by atoms with Crippen LogP contribution in [0.1, 0.15) is 41.5 Å². The normalized spacial score (nSPS) is 15.9. The van der Waals surface area contributed by atoms with Gasteiger partial charge in [0, 0.05) is 31.4 Å². The molecule has 3 N–H and O–H groups in total. The minimum absolute atomic E-state index is 0.0718. The molecule has 0 saturated carbocycles. The molecule has 1 heterocycles. The van der Waals surface area contributed by atoms with Gasteiger partial charge in [-0.05, 0) is 23.0 Å². The van der Waals surface area contributed by atoms with Crippen LogP contribution in [0.25, 0.3) is 0 Å². The molecule has 0 aromatic heterocycles. The van der Waals surface area contributed by atoms with Crippen molar-refractivity contribution in [2.75, 3.05) is 43.1 Å². The van der Waals surface area contributed by atoms with E-state index in [4.69, 9.17) is 10.5 Å². The number of nitrogens with zero attached hydrogens (tertiary/aromatic N) is 2. The number of hydrogen-bond donors (Lipinski definition) is 2. The van der Waals surface area contributed by atoms with Crippen LogP contribution in [-0.4, -0.2) is 68.1 Å². The summed E-state index contributed by atoms with van der Waals surface area (Å²) in [7, 11) is 0. The maximum atomic E-state index is 13.3. The smallest absolute Gasteiger partial charge is 0.387 e. The van der Waals surface area contributed by atoms with Gasteiger partial charge in [-0.1, -0.05) is 41.5 Å². The maximum Gasteiger partial charge on any atom is 0.387 e. The molecule has 0 bridgehead atoms. The number of amides is 3. The molecule has 0 radical (unpaired) electrons. The summed E-state index contributed by atoms with van der Waals surface area (Å²) in [5.41, 5.74) is 5.38. The number of anilines is 2. The third kappa shape index (κ3) is 8.74. The van der Waals surface area contributed by atoms with Crippen LogP contribution in [0.4, 0.5) is 20.2 Å². The summed E-state index contributed by atoms with van der Waals surface area (Å²) in [5, 5.41) is 2.52. The number of alkyl halides is 2. The third-order valence-electron chi connectivity index (χ3n) is 4.97. The fourth-order valence-corrected chi connectivity index (χ4v) is 3.90. The highest BCUT2D eigenvalue weighted by atomic mass is 19.3. The average molecular weight is 499 g/mol. The minimum atomic E-state index is -3.17. The first-order valence-corrected chi connectivity index (χ1v) is 11.4. The number of rotatable bonds is 9. The van der Waals surface area contributed by atoms with E-state index >= 15 is 0 Å². The van der Waals surface area contributed by atoms with Crippen LogP contribution >= 0.6 is 0 Å². The summed E-state index contributed by atoms with van der Waals surface area (Å²) in [6.07, 6.45) is 0. The monoisotopic (exact) mass is 498 g/mol. The summed E-state index contributed by atoms with van der Waals surface area (Å²) < 4.78 is 36.0. The van der Waals surface area contributed by atoms with Gasteiger partial charge in [0.05, 0.1) is 12.3 Å². The molecule has 3 amide bonds. The van der Waals surface area contributed by atoms with Crippen molar-refractivity contribution in [2.24, 2.45) is 16.6 Å². The molecule has 9 nitrogen and oxygen atoms in total. The fourth-order valence-electron chi connectivity index (χ4n) is 3.90. The van der Waals surface area contributed by atoms with Gasteiger partial charge in [-0.15, -0.1) is 0 Å². The highest BCUT2D eigenvalue weighted by Crippen LogP contribution is 2.32. The van der Waals surface area contributed by atoms with Gasteiger partial charge in [0.2, 0.25) is 5.91 Å². The van der Waals surface area contributed by atoms with Crippen LogP contribution in [0, 0.1) is 10.8 Å². The van der Waals surface area contributed by atoms with Gasteiger partial charge in [-0.3, -0.25) is 19.3 Å². The Bertz CT molecular complexity index is 911. The van der Waals surface area contributed by atoms with Gasteiger partial charge in [0.1, 0.15) is 6.61 Å². The molecule has 1 aromatic rings. The van der Waals surface area contributed by atoms with Crippen molar-refractivity contribution < 1.29 is 32.6 Å². The Morgan fingerprint density at radius 2 is 1.77 bits per heavy atom. The number of primary amides is 1. The zero-order chi connectivity index (χ0) is 26.6. The van der Waals surface area contributed by atoms with Gasteiger partial charge in [-0.2, -0.15) is 8.78 Å². The van der Waals surface area contributed by atoms with E-state index in [0.717, 1.165) is 0 Å². The van der Waals surface area contributed by atoms with Gasteiger partial charge in [0.15, 0.2) is 11.8 Å². The molecular formula is C24H36F2N4O5. The molecule has 196 valence electrons. The Balaban J connectivity index is 2.38. The number of ether oxygens (including phenoxy) is 2. The van der Waals surface area contributed by atoms with Crippen molar-refractivity contribution in [1.82, 2.24) is 4.90 Å². The number of benzene rings is 1. The number of carbonyl (C=O) groups is 3. The van der Waals surface area contributed by atoms with Crippen LogP contribution in [-0.2, 0) is 19.1 Å². The number of nitrogens with one attached hydrogen (secondary N) is 1. The first-order chi connectivity index (χ1) is 16.1. The highest BCUT2D eigenvalue weighted by molar-refractivity contribution is 6.10. The number of nitrogens with two attached hydrogens (primary N) is 1. The summed E-state index contributed by atoms with van der Waals surface area (Å²) >= 11 is 0. The van der Waals surface area contributed by atoms with Crippen LogP contribution in [0.3, 0.4) is 0 Å². The minimum Gasteiger partial charge on any atom is -0.433 e. The molecule has 1 fully saturated rings. The van der Waals surface area contributed by atoms with Crippen molar-refractivity contribution in [2.45, 2.75) is 54.2 Å². The first kappa shape index (κ1) is 28.4. The lowest BCUT2D eigenvalue weighted by Crippen LogP contribution is -2.56. The molecule has 1 aliphatic rings. The Kier molecular flexibility index (Phi) is 9.18. The van der Waals surface area contributed by atoms with Crippen molar-refractivity contribution in [3.8, 4) is 5.75 Å². The quantitative estimate of drug-likeness (QED) is 0.506.